The molecular formula is C23H20ClN3O5S. The zero-order chi connectivity index (χ0) is 23.6. The molecule has 4 rings (SSSR count). The Morgan fingerprint density at radius 3 is 2.61 bits per heavy atom. The molecule has 0 aliphatic carbocycles. The van der Waals surface area contributed by atoms with E-state index in [9.17, 15) is 18.0 Å². The van der Waals surface area contributed by atoms with Gasteiger partial charge < -0.3 is 9.73 Å². The monoisotopic (exact) mass is 485 g/mol. The van der Waals surface area contributed by atoms with Gasteiger partial charge in [-0.1, -0.05) is 35.9 Å². The topological polar surface area (TPSA) is 110 Å². The number of aryl methyl sites for hydroxylation is 2. The van der Waals surface area contributed by atoms with Gasteiger partial charge in [0.05, 0.1) is 16.1 Å². The molecule has 0 saturated carbocycles. The number of hydrogen-bond donors (Lipinski definition) is 2. The molecule has 0 aliphatic rings. The van der Waals surface area contributed by atoms with Crippen molar-refractivity contribution < 1.29 is 17.6 Å². The predicted molar refractivity (Wildman–Crippen MR) is 127 cm³/mol. The van der Waals surface area contributed by atoms with Gasteiger partial charge in [-0.3, -0.25) is 14.1 Å². The van der Waals surface area contributed by atoms with Gasteiger partial charge >= 0.3 is 5.76 Å². The zero-order valence-electron chi connectivity index (χ0n) is 17.5. The van der Waals surface area contributed by atoms with Crippen molar-refractivity contribution in [2.75, 3.05) is 10.0 Å². The highest BCUT2D eigenvalue weighted by molar-refractivity contribution is 7.92. The molecule has 8 nitrogen and oxygen atoms in total. The van der Waals surface area contributed by atoms with E-state index >= 15 is 0 Å². The summed E-state index contributed by atoms with van der Waals surface area (Å²) in [5.41, 5.74) is 2.21. The highest BCUT2D eigenvalue weighted by atomic mass is 35.5. The minimum Gasteiger partial charge on any atom is -0.408 e. The van der Waals surface area contributed by atoms with Crippen LogP contribution in [0.3, 0.4) is 0 Å². The maximum atomic E-state index is 12.9. The number of nitrogens with one attached hydrogen (secondary N) is 2. The van der Waals surface area contributed by atoms with Gasteiger partial charge in [-0.2, -0.15) is 0 Å². The molecule has 0 aliphatic heterocycles. The second-order valence-corrected chi connectivity index (χ2v) is 9.47. The second-order valence-electron chi connectivity index (χ2n) is 7.38. The Kier molecular flexibility index (Phi) is 6.26. The number of benzene rings is 3. The molecule has 170 valence electrons. The van der Waals surface area contributed by atoms with Gasteiger partial charge in [-0.25, -0.2) is 13.2 Å². The highest BCUT2D eigenvalue weighted by Crippen LogP contribution is 2.24. The van der Waals surface area contributed by atoms with E-state index in [1.807, 2.05) is 0 Å². The third-order valence-electron chi connectivity index (χ3n) is 4.97. The van der Waals surface area contributed by atoms with E-state index in [-0.39, 0.29) is 23.8 Å². The lowest BCUT2D eigenvalue weighted by atomic mass is 10.2. The third kappa shape index (κ3) is 5.10. The van der Waals surface area contributed by atoms with E-state index in [2.05, 4.69) is 10.0 Å². The molecule has 0 unspecified atom stereocenters. The number of rotatable bonds is 7. The Morgan fingerprint density at radius 1 is 1.03 bits per heavy atom. The molecule has 0 atom stereocenters. The Bertz CT molecular complexity index is 1510. The van der Waals surface area contributed by atoms with Crippen LogP contribution in [0.5, 0.6) is 0 Å². The van der Waals surface area contributed by atoms with Crippen LogP contribution in [0.2, 0.25) is 5.02 Å². The third-order valence-corrected chi connectivity index (χ3v) is 6.73. The number of fused-ring (bicyclic) bond motifs is 1. The summed E-state index contributed by atoms with van der Waals surface area (Å²) in [7, 11) is -3.91. The number of halogens is 1. The summed E-state index contributed by atoms with van der Waals surface area (Å²) in [6.45, 7) is 1.78. The molecule has 33 heavy (non-hydrogen) atoms. The Balaban J connectivity index is 1.48. The van der Waals surface area contributed by atoms with Crippen molar-refractivity contribution in [3.05, 3.63) is 87.9 Å². The predicted octanol–water partition coefficient (Wildman–Crippen LogP) is 4.39. The summed E-state index contributed by atoms with van der Waals surface area (Å²) in [6.07, 6.45) is 0.000157. The summed E-state index contributed by atoms with van der Waals surface area (Å²) in [5, 5.41) is 3.09. The number of sulfonamides is 1. The van der Waals surface area contributed by atoms with Crippen molar-refractivity contribution >= 4 is 50.0 Å². The highest BCUT2D eigenvalue weighted by Gasteiger charge is 2.19. The fourth-order valence-electron chi connectivity index (χ4n) is 3.39. The fourth-order valence-corrected chi connectivity index (χ4v) is 4.90. The lowest BCUT2D eigenvalue weighted by molar-refractivity contribution is -0.116. The lowest BCUT2D eigenvalue weighted by Crippen LogP contribution is -2.20. The Hall–Kier alpha value is -3.56. The van der Waals surface area contributed by atoms with Crippen molar-refractivity contribution in [2.45, 2.75) is 24.8 Å². The number of nitrogens with zero attached hydrogens (tertiary/aromatic N) is 1. The van der Waals surface area contributed by atoms with E-state index in [0.29, 0.717) is 33.1 Å². The minimum absolute atomic E-state index is 0.000157. The molecular weight excluding hydrogens is 466 g/mol. The van der Waals surface area contributed by atoms with Crippen molar-refractivity contribution in [2.24, 2.45) is 0 Å². The number of para-hydroxylation sites is 2. The fraction of sp³-hybridized carbons (Fsp3) is 0.130. The van der Waals surface area contributed by atoms with Crippen LogP contribution in [-0.4, -0.2) is 18.9 Å². The number of aromatic nitrogens is 1. The van der Waals surface area contributed by atoms with Crippen LogP contribution in [0.1, 0.15) is 12.0 Å². The van der Waals surface area contributed by atoms with Crippen LogP contribution in [0, 0.1) is 6.92 Å². The summed E-state index contributed by atoms with van der Waals surface area (Å²) < 4.78 is 34.8. The first-order valence-electron chi connectivity index (χ1n) is 10.0. The van der Waals surface area contributed by atoms with E-state index in [4.69, 9.17) is 16.0 Å². The molecule has 0 fully saturated rings. The van der Waals surface area contributed by atoms with E-state index in [1.54, 1.807) is 61.5 Å². The molecule has 1 aromatic heterocycles. The Labute approximate surface area is 194 Å². The largest absolute Gasteiger partial charge is 0.419 e. The zero-order valence-corrected chi connectivity index (χ0v) is 19.1. The quantitative estimate of drug-likeness (QED) is 0.403. The van der Waals surface area contributed by atoms with E-state index < -0.39 is 15.8 Å². The van der Waals surface area contributed by atoms with Gasteiger partial charge in [-0.15, -0.1) is 0 Å². The molecule has 4 aromatic rings. The standard InChI is InChI=1S/C23H20ClN3O5S/c1-15-9-10-17(14-21(15)33(30,31)26-18-6-4-5-16(24)13-18)25-22(28)11-12-27-19-7-2-3-8-20(19)32-23(27)29/h2-10,13-14,26H,11-12H2,1H3,(H,25,28). The van der Waals surface area contributed by atoms with E-state index in [1.165, 1.54) is 16.7 Å². The Morgan fingerprint density at radius 2 is 1.82 bits per heavy atom. The smallest absolute Gasteiger partial charge is 0.408 e. The van der Waals surface area contributed by atoms with Crippen molar-refractivity contribution in [1.29, 1.82) is 0 Å². The van der Waals surface area contributed by atoms with Crippen LogP contribution >= 0.6 is 11.6 Å². The first kappa shape index (κ1) is 22.6. The summed E-state index contributed by atoms with van der Waals surface area (Å²) in [6, 6.07) is 17.9. The van der Waals surface area contributed by atoms with Crippen LogP contribution in [0.15, 0.2) is 80.8 Å². The van der Waals surface area contributed by atoms with Gasteiger partial charge in [-0.05, 0) is 55.0 Å². The normalized spacial score (nSPS) is 11.5. The van der Waals surface area contributed by atoms with Gasteiger partial charge in [0.15, 0.2) is 5.58 Å². The summed E-state index contributed by atoms with van der Waals surface area (Å²) in [4.78, 5) is 24.6. The second kappa shape index (κ2) is 9.13. The summed E-state index contributed by atoms with van der Waals surface area (Å²) >= 11 is 5.93. The van der Waals surface area contributed by atoms with Crippen LogP contribution in [0.4, 0.5) is 11.4 Å². The maximum absolute atomic E-state index is 12.9. The molecule has 2 N–H and O–H groups in total. The molecule has 1 amide bonds. The number of carbonyl (C=O) groups excluding carboxylic acids is 1. The van der Waals surface area contributed by atoms with Gasteiger partial charge in [0.2, 0.25) is 5.91 Å². The number of anilines is 2. The number of amides is 1. The minimum atomic E-state index is -3.91. The van der Waals surface area contributed by atoms with Crippen molar-refractivity contribution in [3.8, 4) is 0 Å². The van der Waals surface area contributed by atoms with Crippen molar-refractivity contribution in [3.63, 3.8) is 0 Å². The molecule has 3 aromatic carbocycles. The van der Waals surface area contributed by atoms with Gasteiger partial charge in [0, 0.05) is 23.7 Å². The number of oxazole rings is 1. The van der Waals surface area contributed by atoms with Crippen LogP contribution in [-0.2, 0) is 21.4 Å². The average Bonchev–Trinajstić information content (AvgIpc) is 3.08. The van der Waals surface area contributed by atoms with Crippen LogP contribution < -0.4 is 15.8 Å². The molecule has 0 spiro atoms. The lowest BCUT2D eigenvalue weighted by Gasteiger charge is -2.13. The first-order valence-corrected chi connectivity index (χ1v) is 11.9. The number of carbonyl (C=O) groups is 1. The van der Waals surface area contributed by atoms with Crippen LogP contribution in [0.25, 0.3) is 11.1 Å². The molecule has 10 heteroatoms. The first-order chi connectivity index (χ1) is 15.7. The molecule has 1 heterocycles. The SMILES string of the molecule is Cc1ccc(NC(=O)CCn2c(=O)oc3ccccc32)cc1S(=O)(=O)Nc1cccc(Cl)c1. The molecule has 0 saturated heterocycles. The van der Waals surface area contributed by atoms with Crippen molar-refractivity contribution in [1.82, 2.24) is 4.57 Å². The molecule has 0 bridgehead atoms. The maximum Gasteiger partial charge on any atom is 0.419 e. The summed E-state index contributed by atoms with van der Waals surface area (Å²) in [5.74, 6) is -0.915. The van der Waals surface area contributed by atoms with E-state index in [0.717, 1.165) is 0 Å². The average molecular weight is 486 g/mol. The van der Waals surface area contributed by atoms with Gasteiger partial charge in [0.1, 0.15) is 0 Å². The van der Waals surface area contributed by atoms with Gasteiger partial charge in [0.25, 0.3) is 10.0 Å². The number of hydrogen-bond acceptors (Lipinski definition) is 5. The molecule has 0 radical (unpaired) electrons.